The van der Waals surface area contributed by atoms with E-state index >= 15 is 0 Å². The zero-order chi connectivity index (χ0) is 14.8. The molecule has 1 amide bonds. The van der Waals surface area contributed by atoms with Gasteiger partial charge in [-0.3, -0.25) is 4.79 Å². The molecule has 0 spiro atoms. The van der Waals surface area contributed by atoms with E-state index in [9.17, 15) is 4.79 Å². The van der Waals surface area contributed by atoms with Crippen molar-refractivity contribution in [3.05, 3.63) is 0 Å². The molecule has 0 aromatic rings. The summed E-state index contributed by atoms with van der Waals surface area (Å²) in [6, 6.07) is 0.243. The lowest BCUT2D eigenvalue weighted by atomic mass is 9.61. The molecule has 2 rings (SSSR count). The van der Waals surface area contributed by atoms with Gasteiger partial charge in [0.25, 0.3) is 0 Å². The van der Waals surface area contributed by atoms with Crippen molar-refractivity contribution >= 4 is 5.91 Å². The van der Waals surface area contributed by atoms with Crippen molar-refractivity contribution in [1.82, 2.24) is 5.32 Å². The second-order valence-electron chi connectivity index (χ2n) is 7.63. The Morgan fingerprint density at radius 2 is 1.85 bits per heavy atom. The number of nitrogens with two attached hydrogens (primary N) is 1. The van der Waals surface area contributed by atoms with E-state index in [2.05, 4.69) is 26.1 Å². The molecular formula is C17H32N2O. The van der Waals surface area contributed by atoms with E-state index in [0.717, 1.165) is 31.7 Å². The molecule has 3 nitrogen and oxygen atoms in total. The molecular weight excluding hydrogens is 248 g/mol. The maximum atomic E-state index is 12.5. The average Bonchev–Trinajstić information content (AvgIpc) is 2.89. The van der Waals surface area contributed by atoms with Gasteiger partial charge in [0.2, 0.25) is 5.91 Å². The van der Waals surface area contributed by atoms with Crippen LogP contribution < -0.4 is 11.1 Å². The average molecular weight is 280 g/mol. The summed E-state index contributed by atoms with van der Waals surface area (Å²) < 4.78 is 0. The molecule has 116 valence electrons. The van der Waals surface area contributed by atoms with E-state index in [-0.39, 0.29) is 23.3 Å². The molecule has 3 unspecified atom stereocenters. The Kier molecular flexibility index (Phi) is 5.11. The van der Waals surface area contributed by atoms with Crippen molar-refractivity contribution in [2.24, 2.45) is 28.9 Å². The fourth-order valence-electron chi connectivity index (χ4n) is 4.14. The molecule has 0 aromatic carbocycles. The fraction of sp³-hybridized carbons (Fsp3) is 0.941. The Morgan fingerprint density at radius 3 is 2.50 bits per heavy atom. The Labute approximate surface area is 124 Å². The van der Waals surface area contributed by atoms with Crippen LogP contribution in [0.1, 0.15) is 65.7 Å². The molecule has 2 aliphatic carbocycles. The highest BCUT2D eigenvalue weighted by molar-refractivity contribution is 5.79. The summed E-state index contributed by atoms with van der Waals surface area (Å²) in [4.78, 5) is 12.5. The highest BCUT2D eigenvalue weighted by atomic mass is 16.1. The van der Waals surface area contributed by atoms with E-state index in [1.54, 1.807) is 0 Å². The predicted molar refractivity (Wildman–Crippen MR) is 83.2 cm³/mol. The minimum Gasteiger partial charge on any atom is -0.356 e. The van der Waals surface area contributed by atoms with E-state index in [1.165, 1.54) is 25.7 Å². The third kappa shape index (κ3) is 3.36. The van der Waals surface area contributed by atoms with Crippen LogP contribution in [0.2, 0.25) is 0 Å². The van der Waals surface area contributed by atoms with Crippen LogP contribution in [-0.2, 0) is 4.79 Å². The molecule has 0 saturated heterocycles. The Balaban J connectivity index is 1.81. The summed E-state index contributed by atoms with van der Waals surface area (Å²) in [6.45, 7) is 7.47. The fourth-order valence-corrected chi connectivity index (χ4v) is 4.14. The van der Waals surface area contributed by atoms with E-state index in [0.29, 0.717) is 5.92 Å². The topological polar surface area (TPSA) is 55.1 Å². The summed E-state index contributed by atoms with van der Waals surface area (Å²) >= 11 is 0. The molecule has 3 heteroatoms. The first-order chi connectivity index (χ1) is 9.43. The van der Waals surface area contributed by atoms with Gasteiger partial charge in [-0.1, -0.05) is 46.5 Å². The lowest BCUT2D eigenvalue weighted by molar-refractivity contribution is -0.132. The minimum atomic E-state index is 0.00904. The molecule has 0 heterocycles. The van der Waals surface area contributed by atoms with Crippen LogP contribution in [0.4, 0.5) is 0 Å². The van der Waals surface area contributed by atoms with Crippen molar-refractivity contribution in [3.8, 4) is 0 Å². The smallest absolute Gasteiger partial charge is 0.223 e. The largest absolute Gasteiger partial charge is 0.356 e. The van der Waals surface area contributed by atoms with Gasteiger partial charge in [-0.15, -0.1) is 0 Å². The summed E-state index contributed by atoms with van der Waals surface area (Å²) in [7, 11) is 0. The van der Waals surface area contributed by atoms with E-state index < -0.39 is 0 Å². The van der Waals surface area contributed by atoms with Crippen molar-refractivity contribution in [3.63, 3.8) is 0 Å². The molecule has 2 saturated carbocycles. The van der Waals surface area contributed by atoms with Gasteiger partial charge in [0, 0.05) is 18.5 Å². The monoisotopic (exact) mass is 280 g/mol. The minimum absolute atomic E-state index is 0.00904. The molecule has 0 aromatic heterocycles. The summed E-state index contributed by atoms with van der Waals surface area (Å²) in [5, 5.41) is 3.19. The van der Waals surface area contributed by atoms with Crippen molar-refractivity contribution in [2.75, 3.05) is 6.54 Å². The maximum absolute atomic E-state index is 12.5. The van der Waals surface area contributed by atoms with Gasteiger partial charge >= 0.3 is 0 Å². The number of carbonyl (C=O) groups excluding carboxylic acids is 1. The van der Waals surface area contributed by atoms with Crippen LogP contribution in [0.15, 0.2) is 0 Å². The molecule has 0 aliphatic heterocycles. The highest BCUT2D eigenvalue weighted by Gasteiger charge is 2.44. The Bertz CT molecular complexity index is 334. The van der Waals surface area contributed by atoms with Crippen LogP contribution in [-0.4, -0.2) is 18.5 Å². The molecule has 3 N–H and O–H groups in total. The number of carbonyl (C=O) groups is 1. The first-order valence-corrected chi connectivity index (χ1v) is 8.46. The summed E-state index contributed by atoms with van der Waals surface area (Å²) in [5.74, 6) is 1.64. The lowest BCUT2D eigenvalue weighted by Crippen LogP contribution is -2.51. The van der Waals surface area contributed by atoms with Gasteiger partial charge in [0.15, 0.2) is 0 Å². The molecule has 2 fully saturated rings. The third-order valence-electron chi connectivity index (χ3n) is 6.15. The quantitative estimate of drug-likeness (QED) is 0.831. The van der Waals surface area contributed by atoms with E-state index in [4.69, 9.17) is 5.73 Å². The molecule has 20 heavy (non-hydrogen) atoms. The van der Waals surface area contributed by atoms with Crippen molar-refractivity contribution < 1.29 is 4.79 Å². The number of hydrogen-bond acceptors (Lipinski definition) is 2. The summed E-state index contributed by atoms with van der Waals surface area (Å²) in [6.07, 6.45) is 8.55. The van der Waals surface area contributed by atoms with Gasteiger partial charge in [0.05, 0.1) is 0 Å². The number of nitrogens with one attached hydrogen (secondary N) is 1. The van der Waals surface area contributed by atoms with Crippen LogP contribution in [0.25, 0.3) is 0 Å². The van der Waals surface area contributed by atoms with Gasteiger partial charge in [0.1, 0.15) is 0 Å². The first-order valence-electron chi connectivity index (χ1n) is 8.46. The van der Waals surface area contributed by atoms with Gasteiger partial charge in [-0.25, -0.2) is 0 Å². The Morgan fingerprint density at radius 1 is 1.20 bits per heavy atom. The van der Waals surface area contributed by atoms with Crippen LogP contribution in [0.5, 0.6) is 0 Å². The summed E-state index contributed by atoms with van der Waals surface area (Å²) in [5.41, 5.74) is 6.18. The van der Waals surface area contributed by atoms with Gasteiger partial charge in [-0.05, 0) is 36.5 Å². The maximum Gasteiger partial charge on any atom is 0.223 e. The van der Waals surface area contributed by atoms with E-state index in [1.807, 2.05) is 0 Å². The zero-order valence-electron chi connectivity index (χ0n) is 13.5. The van der Waals surface area contributed by atoms with Crippen LogP contribution in [0, 0.1) is 23.2 Å². The molecule has 0 radical (unpaired) electrons. The lowest BCUT2D eigenvalue weighted by Gasteiger charge is -2.46. The Hall–Kier alpha value is -0.570. The number of hydrogen-bond donors (Lipinski definition) is 2. The molecule has 3 atom stereocenters. The molecule has 0 bridgehead atoms. The predicted octanol–water partition coefficient (Wildman–Crippen LogP) is 3.08. The highest BCUT2D eigenvalue weighted by Crippen LogP contribution is 2.44. The van der Waals surface area contributed by atoms with Crippen LogP contribution in [0.3, 0.4) is 0 Å². The van der Waals surface area contributed by atoms with Crippen molar-refractivity contribution in [2.45, 2.75) is 71.8 Å². The standard InChI is InChI=1S/C17H32N2O/c1-12-15(18)9-8-14(17(12,2)3)16(20)19-11-10-13-6-4-5-7-13/h12-15H,4-11,18H2,1-3H3,(H,19,20). The SMILES string of the molecule is CC1C(N)CCC(C(=O)NCCC2CCCC2)C1(C)C. The third-order valence-corrected chi connectivity index (χ3v) is 6.15. The molecule has 2 aliphatic rings. The first kappa shape index (κ1) is 15.8. The zero-order valence-corrected chi connectivity index (χ0v) is 13.5. The van der Waals surface area contributed by atoms with Crippen LogP contribution >= 0.6 is 0 Å². The number of amides is 1. The van der Waals surface area contributed by atoms with Gasteiger partial charge in [-0.2, -0.15) is 0 Å². The number of rotatable bonds is 4. The van der Waals surface area contributed by atoms with Gasteiger partial charge < -0.3 is 11.1 Å². The normalized spacial score (nSPS) is 34.1. The second-order valence-corrected chi connectivity index (χ2v) is 7.63. The van der Waals surface area contributed by atoms with Crippen molar-refractivity contribution in [1.29, 1.82) is 0 Å². The second kappa shape index (κ2) is 6.46.